The van der Waals surface area contributed by atoms with Crippen molar-refractivity contribution in [2.75, 3.05) is 13.2 Å². The van der Waals surface area contributed by atoms with Crippen LogP contribution in [-0.4, -0.2) is 13.2 Å². The predicted octanol–water partition coefficient (Wildman–Crippen LogP) is 4.93. The van der Waals surface area contributed by atoms with E-state index < -0.39 is 0 Å². The summed E-state index contributed by atoms with van der Waals surface area (Å²) in [4.78, 5) is 0. The molecule has 0 radical (unpaired) electrons. The van der Waals surface area contributed by atoms with E-state index in [9.17, 15) is 0 Å². The Bertz CT molecular complexity index is 946. The SMILES string of the molecule is Cc1ccc(OCC#CCOc2cc(=S)oc3ccccc23)cc1. The van der Waals surface area contributed by atoms with Crippen LogP contribution >= 0.6 is 12.2 Å². The molecule has 0 saturated heterocycles. The first-order chi connectivity index (χ1) is 11.7. The van der Waals surface area contributed by atoms with Gasteiger partial charge >= 0.3 is 0 Å². The minimum Gasteiger partial charge on any atom is -0.481 e. The van der Waals surface area contributed by atoms with Crippen molar-refractivity contribution in [2.45, 2.75) is 6.92 Å². The van der Waals surface area contributed by atoms with Crippen LogP contribution in [-0.2, 0) is 0 Å². The number of benzene rings is 2. The Kier molecular flexibility index (Phi) is 5.15. The predicted molar refractivity (Wildman–Crippen MR) is 97.0 cm³/mol. The summed E-state index contributed by atoms with van der Waals surface area (Å²) < 4.78 is 17.1. The molecular weight excluding hydrogens is 320 g/mol. The Morgan fingerprint density at radius 1 is 0.958 bits per heavy atom. The minimum absolute atomic E-state index is 0.264. The topological polar surface area (TPSA) is 31.6 Å². The van der Waals surface area contributed by atoms with Crippen LogP contribution in [0.1, 0.15) is 5.56 Å². The van der Waals surface area contributed by atoms with Gasteiger partial charge in [0.05, 0.1) is 5.39 Å². The zero-order chi connectivity index (χ0) is 16.8. The zero-order valence-corrected chi connectivity index (χ0v) is 14.1. The minimum atomic E-state index is 0.264. The van der Waals surface area contributed by atoms with E-state index in [-0.39, 0.29) is 6.61 Å². The van der Waals surface area contributed by atoms with Crippen LogP contribution in [0.15, 0.2) is 59.0 Å². The molecular formula is C20H16O3S. The van der Waals surface area contributed by atoms with E-state index in [1.165, 1.54) is 5.56 Å². The van der Waals surface area contributed by atoms with Crippen LogP contribution in [0.25, 0.3) is 11.0 Å². The van der Waals surface area contributed by atoms with Crippen LogP contribution in [0.4, 0.5) is 0 Å². The normalized spacial score (nSPS) is 10.0. The van der Waals surface area contributed by atoms with Gasteiger partial charge in [0.2, 0.25) is 0 Å². The van der Waals surface area contributed by atoms with Crippen molar-refractivity contribution in [2.24, 2.45) is 0 Å². The lowest BCUT2D eigenvalue weighted by Crippen LogP contribution is -1.97. The van der Waals surface area contributed by atoms with Gasteiger partial charge in [0.1, 0.15) is 30.3 Å². The van der Waals surface area contributed by atoms with E-state index in [0.717, 1.165) is 11.1 Å². The van der Waals surface area contributed by atoms with Crippen molar-refractivity contribution in [1.82, 2.24) is 0 Å². The highest BCUT2D eigenvalue weighted by Crippen LogP contribution is 2.25. The molecule has 0 aliphatic heterocycles. The van der Waals surface area contributed by atoms with Crippen molar-refractivity contribution in [3.8, 4) is 23.3 Å². The van der Waals surface area contributed by atoms with E-state index in [1.807, 2.05) is 55.5 Å². The lowest BCUT2D eigenvalue weighted by atomic mass is 10.2. The van der Waals surface area contributed by atoms with Gasteiger partial charge in [-0.3, -0.25) is 0 Å². The Morgan fingerprint density at radius 2 is 1.67 bits per heavy atom. The summed E-state index contributed by atoms with van der Waals surface area (Å²) in [6, 6.07) is 17.2. The molecule has 0 aliphatic rings. The van der Waals surface area contributed by atoms with Gasteiger partial charge in [-0.15, -0.1) is 0 Å². The molecule has 3 rings (SSSR count). The molecule has 0 N–H and O–H groups in total. The van der Waals surface area contributed by atoms with Gasteiger partial charge < -0.3 is 13.9 Å². The van der Waals surface area contributed by atoms with Crippen molar-refractivity contribution < 1.29 is 13.9 Å². The molecule has 0 bridgehead atoms. The second kappa shape index (κ2) is 7.67. The molecule has 0 spiro atoms. The Morgan fingerprint density at radius 3 is 2.46 bits per heavy atom. The Labute approximate surface area is 145 Å². The lowest BCUT2D eigenvalue weighted by molar-refractivity contribution is 0.363. The maximum Gasteiger partial charge on any atom is 0.194 e. The van der Waals surface area contributed by atoms with Crippen molar-refractivity contribution in [1.29, 1.82) is 0 Å². The molecule has 4 heteroatoms. The van der Waals surface area contributed by atoms with Crippen molar-refractivity contribution in [3.63, 3.8) is 0 Å². The molecule has 1 aromatic heterocycles. The van der Waals surface area contributed by atoms with Crippen LogP contribution in [0.5, 0.6) is 11.5 Å². The van der Waals surface area contributed by atoms with Gasteiger partial charge in [0.15, 0.2) is 4.71 Å². The van der Waals surface area contributed by atoms with Crippen LogP contribution in [0.2, 0.25) is 0 Å². The maximum atomic E-state index is 5.71. The van der Waals surface area contributed by atoms with Crippen molar-refractivity contribution in [3.05, 3.63) is 64.9 Å². The largest absolute Gasteiger partial charge is 0.481 e. The highest BCUT2D eigenvalue weighted by molar-refractivity contribution is 7.71. The van der Waals surface area contributed by atoms with Gasteiger partial charge in [-0.2, -0.15) is 0 Å². The molecule has 0 amide bonds. The van der Waals surface area contributed by atoms with E-state index in [0.29, 0.717) is 22.6 Å². The number of hydrogen-bond acceptors (Lipinski definition) is 4. The standard InChI is InChI=1S/C20H16O3S/c1-15-8-10-16(11-9-15)21-12-4-5-13-22-19-14-20(24)23-18-7-3-2-6-17(18)19/h2-3,6-11,14H,12-13H2,1H3. The Hall–Kier alpha value is -2.77. The highest BCUT2D eigenvalue weighted by Gasteiger charge is 2.03. The number of ether oxygens (including phenoxy) is 2. The molecule has 0 fully saturated rings. The lowest BCUT2D eigenvalue weighted by Gasteiger charge is -2.05. The second-order valence-corrected chi connectivity index (χ2v) is 5.57. The summed E-state index contributed by atoms with van der Waals surface area (Å²) in [5.74, 6) is 7.36. The van der Waals surface area contributed by atoms with Crippen LogP contribution < -0.4 is 9.47 Å². The average Bonchev–Trinajstić information content (AvgIpc) is 2.59. The van der Waals surface area contributed by atoms with Gasteiger partial charge in [-0.1, -0.05) is 41.7 Å². The first kappa shape index (κ1) is 16.1. The first-order valence-electron chi connectivity index (χ1n) is 7.53. The maximum absolute atomic E-state index is 5.71. The summed E-state index contributed by atoms with van der Waals surface area (Å²) in [6.07, 6.45) is 0. The number of para-hydroxylation sites is 1. The third-order valence-electron chi connectivity index (χ3n) is 3.37. The molecule has 0 saturated carbocycles. The van der Waals surface area contributed by atoms with Gasteiger partial charge in [0, 0.05) is 6.07 Å². The highest BCUT2D eigenvalue weighted by atomic mass is 32.1. The van der Waals surface area contributed by atoms with Crippen molar-refractivity contribution >= 4 is 23.2 Å². The fourth-order valence-electron chi connectivity index (χ4n) is 2.17. The molecule has 0 atom stereocenters. The quantitative estimate of drug-likeness (QED) is 0.499. The van der Waals surface area contributed by atoms with Gasteiger partial charge in [0.25, 0.3) is 0 Å². The van der Waals surface area contributed by atoms with Crippen LogP contribution in [0, 0.1) is 23.5 Å². The average molecular weight is 336 g/mol. The van der Waals surface area contributed by atoms with Crippen LogP contribution in [0.3, 0.4) is 0 Å². The number of aryl methyl sites for hydroxylation is 1. The second-order valence-electron chi connectivity index (χ2n) is 5.17. The smallest absolute Gasteiger partial charge is 0.194 e. The number of fused-ring (bicyclic) bond motifs is 1. The summed E-state index contributed by atoms with van der Waals surface area (Å²) in [5, 5.41) is 0.879. The molecule has 0 aliphatic carbocycles. The fraction of sp³-hybridized carbons (Fsp3) is 0.150. The summed E-state index contributed by atoms with van der Waals surface area (Å²) in [6.45, 7) is 2.62. The Balaban J connectivity index is 1.57. The molecule has 120 valence electrons. The third kappa shape index (κ3) is 4.15. The third-order valence-corrected chi connectivity index (χ3v) is 3.57. The molecule has 2 aromatic carbocycles. The number of hydrogen-bond donors (Lipinski definition) is 0. The monoisotopic (exact) mass is 336 g/mol. The van der Waals surface area contributed by atoms with E-state index in [4.69, 9.17) is 26.1 Å². The number of rotatable bonds is 4. The summed E-state index contributed by atoms with van der Waals surface area (Å²) in [5.41, 5.74) is 1.90. The van der Waals surface area contributed by atoms with Gasteiger partial charge in [-0.25, -0.2) is 0 Å². The molecule has 1 heterocycles. The molecule has 3 nitrogen and oxygen atoms in total. The molecule has 3 aromatic rings. The first-order valence-corrected chi connectivity index (χ1v) is 7.94. The van der Waals surface area contributed by atoms with E-state index in [1.54, 1.807) is 6.07 Å². The zero-order valence-electron chi connectivity index (χ0n) is 13.2. The summed E-state index contributed by atoms with van der Waals surface area (Å²) >= 11 is 5.11. The molecule has 0 unspecified atom stereocenters. The van der Waals surface area contributed by atoms with E-state index >= 15 is 0 Å². The fourth-order valence-corrected chi connectivity index (χ4v) is 2.37. The van der Waals surface area contributed by atoms with Gasteiger partial charge in [-0.05, 0) is 43.4 Å². The van der Waals surface area contributed by atoms with E-state index in [2.05, 4.69) is 11.8 Å². The summed E-state index contributed by atoms with van der Waals surface area (Å²) in [7, 11) is 0. The molecule has 24 heavy (non-hydrogen) atoms.